The summed E-state index contributed by atoms with van der Waals surface area (Å²) in [7, 11) is 0. The molecule has 1 aromatic rings. The van der Waals surface area contributed by atoms with Crippen LogP contribution in [0.15, 0.2) is 18.2 Å². The molecule has 0 aliphatic heterocycles. The third-order valence-electron chi connectivity index (χ3n) is 4.46. The molecule has 1 aromatic carbocycles. The fourth-order valence-electron chi connectivity index (χ4n) is 3.24. The molecule has 1 fully saturated rings. The highest BCUT2D eigenvalue weighted by Gasteiger charge is 2.36. The van der Waals surface area contributed by atoms with Gasteiger partial charge in [0.05, 0.1) is 5.02 Å². The molecule has 1 aliphatic rings. The van der Waals surface area contributed by atoms with Crippen molar-refractivity contribution in [3.8, 4) is 0 Å². The van der Waals surface area contributed by atoms with Crippen LogP contribution in [0.25, 0.3) is 0 Å². The maximum atomic E-state index is 13.5. The predicted octanol–water partition coefficient (Wildman–Crippen LogP) is 4.58. The molecule has 1 nitrogen and oxygen atoms in total. The lowest BCUT2D eigenvalue weighted by Crippen LogP contribution is -2.43. The number of hydrogen-bond acceptors (Lipinski definition) is 1. The SMILES string of the molecule is CCNC(Cc1ccc(Cl)c(F)c1)C1(C)CCCC1. The van der Waals surface area contributed by atoms with Crippen LogP contribution in [-0.4, -0.2) is 12.6 Å². The Morgan fingerprint density at radius 2 is 2.05 bits per heavy atom. The van der Waals surface area contributed by atoms with Gasteiger partial charge in [0, 0.05) is 6.04 Å². The lowest BCUT2D eigenvalue weighted by molar-refractivity contribution is 0.222. The predicted molar refractivity (Wildman–Crippen MR) is 79.2 cm³/mol. The minimum atomic E-state index is -0.314. The van der Waals surface area contributed by atoms with Crippen molar-refractivity contribution in [2.24, 2.45) is 5.41 Å². The summed E-state index contributed by atoms with van der Waals surface area (Å²) < 4.78 is 13.5. The van der Waals surface area contributed by atoms with E-state index in [1.165, 1.54) is 25.7 Å². The van der Waals surface area contributed by atoms with Gasteiger partial charge in [0.15, 0.2) is 0 Å². The zero-order valence-corrected chi connectivity index (χ0v) is 12.6. The monoisotopic (exact) mass is 283 g/mol. The summed E-state index contributed by atoms with van der Waals surface area (Å²) in [5.74, 6) is -0.314. The maximum Gasteiger partial charge on any atom is 0.142 e. The van der Waals surface area contributed by atoms with Crippen molar-refractivity contribution in [1.29, 1.82) is 0 Å². The van der Waals surface area contributed by atoms with E-state index >= 15 is 0 Å². The van der Waals surface area contributed by atoms with E-state index in [0.29, 0.717) is 11.5 Å². The van der Waals surface area contributed by atoms with Crippen LogP contribution in [-0.2, 0) is 6.42 Å². The number of hydrogen-bond donors (Lipinski definition) is 1. The largest absolute Gasteiger partial charge is 0.313 e. The van der Waals surface area contributed by atoms with E-state index in [-0.39, 0.29) is 10.8 Å². The van der Waals surface area contributed by atoms with Crippen LogP contribution in [0.2, 0.25) is 5.02 Å². The standard InChI is InChI=1S/C16H23ClFN/c1-3-19-15(16(2)8-4-5-9-16)11-12-6-7-13(17)14(18)10-12/h6-7,10,15,19H,3-5,8-9,11H2,1-2H3. The van der Waals surface area contributed by atoms with Crippen molar-refractivity contribution in [2.75, 3.05) is 6.54 Å². The van der Waals surface area contributed by atoms with E-state index in [4.69, 9.17) is 11.6 Å². The molecule has 0 amide bonds. The zero-order chi connectivity index (χ0) is 13.9. The Morgan fingerprint density at radius 3 is 2.63 bits per heavy atom. The van der Waals surface area contributed by atoms with Crippen molar-refractivity contribution in [1.82, 2.24) is 5.32 Å². The van der Waals surface area contributed by atoms with Crippen LogP contribution in [0, 0.1) is 11.2 Å². The summed E-state index contributed by atoms with van der Waals surface area (Å²) in [5, 5.41) is 3.80. The Hall–Kier alpha value is -0.600. The molecule has 1 atom stereocenters. The van der Waals surface area contributed by atoms with Crippen molar-refractivity contribution < 1.29 is 4.39 Å². The van der Waals surface area contributed by atoms with Gasteiger partial charge in [-0.3, -0.25) is 0 Å². The molecule has 1 N–H and O–H groups in total. The zero-order valence-electron chi connectivity index (χ0n) is 11.8. The second-order valence-electron chi connectivity index (χ2n) is 5.92. The molecule has 1 aliphatic carbocycles. The summed E-state index contributed by atoms with van der Waals surface area (Å²) in [6, 6.07) is 5.59. The maximum absolute atomic E-state index is 13.5. The first-order chi connectivity index (χ1) is 9.05. The number of nitrogens with one attached hydrogen (secondary N) is 1. The van der Waals surface area contributed by atoms with Crippen molar-refractivity contribution >= 4 is 11.6 Å². The Labute approximate surface area is 120 Å². The van der Waals surface area contributed by atoms with Gasteiger partial charge >= 0.3 is 0 Å². The van der Waals surface area contributed by atoms with Gasteiger partial charge in [-0.15, -0.1) is 0 Å². The van der Waals surface area contributed by atoms with Gasteiger partial charge in [-0.2, -0.15) is 0 Å². The Bertz CT molecular complexity index is 427. The molecule has 19 heavy (non-hydrogen) atoms. The highest BCUT2D eigenvalue weighted by Crippen LogP contribution is 2.41. The molecular formula is C16H23ClFN. The summed E-state index contributed by atoms with van der Waals surface area (Å²) in [4.78, 5) is 0. The summed E-state index contributed by atoms with van der Waals surface area (Å²) >= 11 is 5.74. The molecule has 0 spiro atoms. The quantitative estimate of drug-likeness (QED) is 0.834. The van der Waals surface area contributed by atoms with Crippen molar-refractivity contribution in [3.05, 3.63) is 34.6 Å². The van der Waals surface area contributed by atoms with Crippen molar-refractivity contribution in [2.45, 2.75) is 52.0 Å². The fourth-order valence-corrected chi connectivity index (χ4v) is 3.36. The van der Waals surface area contributed by atoms with E-state index < -0.39 is 0 Å². The summed E-state index contributed by atoms with van der Waals surface area (Å²) in [6.45, 7) is 5.45. The molecule has 1 unspecified atom stereocenters. The smallest absolute Gasteiger partial charge is 0.142 e. The van der Waals surface area contributed by atoms with Crippen LogP contribution in [0.5, 0.6) is 0 Å². The fraction of sp³-hybridized carbons (Fsp3) is 0.625. The van der Waals surface area contributed by atoms with E-state index in [0.717, 1.165) is 18.5 Å². The lowest BCUT2D eigenvalue weighted by atomic mass is 9.78. The Morgan fingerprint density at radius 1 is 1.37 bits per heavy atom. The van der Waals surface area contributed by atoms with E-state index in [9.17, 15) is 4.39 Å². The third-order valence-corrected chi connectivity index (χ3v) is 4.77. The topological polar surface area (TPSA) is 12.0 Å². The molecule has 0 heterocycles. The van der Waals surface area contributed by atoms with Crippen molar-refractivity contribution in [3.63, 3.8) is 0 Å². The van der Waals surface area contributed by atoms with Crippen LogP contribution in [0.4, 0.5) is 4.39 Å². The number of likely N-dealkylation sites (N-methyl/N-ethyl adjacent to an activating group) is 1. The molecule has 0 aromatic heterocycles. The molecule has 0 radical (unpaired) electrons. The molecule has 106 valence electrons. The van der Waals surface area contributed by atoms with Crippen LogP contribution in [0.3, 0.4) is 0 Å². The average Bonchev–Trinajstić information content (AvgIpc) is 2.81. The number of halogens is 2. The van der Waals surface area contributed by atoms with Gasteiger partial charge in [-0.05, 0) is 48.9 Å². The van der Waals surface area contributed by atoms with Gasteiger partial charge in [0.2, 0.25) is 0 Å². The molecule has 0 bridgehead atoms. The lowest BCUT2D eigenvalue weighted by Gasteiger charge is -2.35. The first-order valence-electron chi connectivity index (χ1n) is 7.22. The van der Waals surface area contributed by atoms with E-state index in [2.05, 4.69) is 19.2 Å². The minimum absolute atomic E-state index is 0.204. The second kappa shape index (κ2) is 6.23. The Balaban J connectivity index is 2.13. The van der Waals surface area contributed by atoms with Gasteiger partial charge in [0.1, 0.15) is 5.82 Å². The third kappa shape index (κ3) is 3.49. The van der Waals surface area contributed by atoms with E-state index in [1.807, 2.05) is 6.07 Å². The summed E-state index contributed by atoms with van der Waals surface area (Å²) in [6.07, 6.45) is 6.03. The molecule has 2 rings (SSSR count). The highest BCUT2D eigenvalue weighted by molar-refractivity contribution is 6.30. The van der Waals surface area contributed by atoms with Gasteiger partial charge < -0.3 is 5.32 Å². The first-order valence-corrected chi connectivity index (χ1v) is 7.60. The minimum Gasteiger partial charge on any atom is -0.313 e. The van der Waals surface area contributed by atoms with E-state index in [1.54, 1.807) is 12.1 Å². The van der Waals surface area contributed by atoms with Gasteiger partial charge in [-0.1, -0.05) is 44.4 Å². The molecule has 1 saturated carbocycles. The molecule has 3 heteroatoms. The van der Waals surface area contributed by atoms with Crippen LogP contribution >= 0.6 is 11.6 Å². The summed E-state index contributed by atoms with van der Waals surface area (Å²) in [5.41, 5.74) is 1.37. The van der Waals surface area contributed by atoms with Gasteiger partial charge in [-0.25, -0.2) is 4.39 Å². The highest BCUT2D eigenvalue weighted by atomic mass is 35.5. The van der Waals surface area contributed by atoms with Crippen LogP contribution < -0.4 is 5.32 Å². The first kappa shape index (κ1) is 14.8. The normalized spacial score (nSPS) is 19.6. The number of benzene rings is 1. The van der Waals surface area contributed by atoms with Crippen LogP contribution in [0.1, 0.15) is 45.1 Å². The Kier molecular flexibility index (Phi) is 4.86. The second-order valence-corrected chi connectivity index (χ2v) is 6.33. The number of rotatable bonds is 5. The van der Waals surface area contributed by atoms with Gasteiger partial charge in [0.25, 0.3) is 0 Å². The average molecular weight is 284 g/mol. The molecular weight excluding hydrogens is 261 g/mol. The molecule has 0 saturated heterocycles.